The number of aromatic nitrogens is 2. The molecule has 0 bridgehead atoms. The number of methoxy groups -OCH3 is 1. The van der Waals surface area contributed by atoms with Crippen LogP contribution < -0.4 is 10.1 Å². The molecule has 4 aromatic rings. The van der Waals surface area contributed by atoms with Crippen molar-refractivity contribution < 1.29 is 13.9 Å². The van der Waals surface area contributed by atoms with Gasteiger partial charge in [-0.3, -0.25) is 9.47 Å². The lowest BCUT2D eigenvalue weighted by molar-refractivity contribution is 0.240. The molecule has 0 radical (unpaired) electrons. The molecular weight excluding hydrogens is 505 g/mol. The zero-order valence-electron chi connectivity index (χ0n) is 20.7. The molecule has 9 heteroatoms. The van der Waals surface area contributed by atoms with Crippen LogP contribution in [0.15, 0.2) is 60.8 Å². The minimum atomic E-state index is -0.445. The number of fused-ring (bicyclic) bond motifs is 3. The number of rotatable bonds is 6. The van der Waals surface area contributed by atoms with Crippen molar-refractivity contribution in [2.75, 3.05) is 20.2 Å². The molecule has 1 N–H and O–H groups in total. The molecule has 38 heavy (non-hydrogen) atoms. The first-order valence-electron chi connectivity index (χ1n) is 12.1. The number of hydrogen-bond donors (Lipinski definition) is 1. The Balaban J connectivity index is 1.38. The highest BCUT2D eigenvalue weighted by atomic mass is 35.5. The van der Waals surface area contributed by atoms with Crippen LogP contribution >= 0.6 is 11.6 Å². The highest BCUT2D eigenvalue weighted by Crippen LogP contribution is 2.32. The van der Waals surface area contributed by atoms with Gasteiger partial charge in [-0.15, -0.1) is 0 Å². The van der Waals surface area contributed by atoms with Crippen LogP contribution in [0.2, 0.25) is 5.02 Å². The van der Waals surface area contributed by atoms with Crippen LogP contribution in [0.5, 0.6) is 5.88 Å². The maximum atomic E-state index is 13.7. The summed E-state index contributed by atoms with van der Waals surface area (Å²) in [5.74, 6) is 0.0406. The quantitative estimate of drug-likeness (QED) is 0.354. The van der Waals surface area contributed by atoms with Gasteiger partial charge in [0.05, 0.1) is 29.3 Å². The van der Waals surface area contributed by atoms with Gasteiger partial charge >= 0.3 is 6.03 Å². The molecule has 0 fully saturated rings. The third-order valence-corrected chi connectivity index (χ3v) is 6.94. The molecule has 0 spiro atoms. The standard InChI is InChI=1S/C29H25ClFN5O2/c1-38-28-15-21(8-10-33-28)17-34-29(37)36-26-7-5-20(16-32)13-22(26)23-18-35(12-9-27(23)36)11-2-3-19-4-6-24(30)25(31)14-19/h2-8,10,13-15H,9,11-12,17-18H2,1H3,(H,34,37). The van der Waals surface area contributed by atoms with Gasteiger partial charge in [-0.25, -0.2) is 14.2 Å². The smallest absolute Gasteiger partial charge is 0.326 e. The number of nitriles is 1. The Morgan fingerprint density at radius 3 is 2.92 bits per heavy atom. The summed E-state index contributed by atoms with van der Waals surface area (Å²) in [7, 11) is 1.55. The minimum Gasteiger partial charge on any atom is -0.481 e. The van der Waals surface area contributed by atoms with Gasteiger partial charge in [-0.05, 0) is 53.1 Å². The molecule has 5 rings (SSSR count). The number of hydrogen-bond acceptors (Lipinski definition) is 5. The van der Waals surface area contributed by atoms with E-state index in [-0.39, 0.29) is 11.1 Å². The first-order chi connectivity index (χ1) is 18.5. The fourth-order valence-electron chi connectivity index (χ4n) is 4.75. The minimum absolute atomic E-state index is 0.100. The van der Waals surface area contributed by atoms with E-state index in [1.165, 1.54) is 6.07 Å². The second-order valence-electron chi connectivity index (χ2n) is 9.03. The van der Waals surface area contributed by atoms with Crippen molar-refractivity contribution in [3.63, 3.8) is 0 Å². The monoisotopic (exact) mass is 529 g/mol. The van der Waals surface area contributed by atoms with Gasteiger partial charge in [0.15, 0.2) is 0 Å². The number of benzene rings is 2. The van der Waals surface area contributed by atoms with E-state index in [1.807, 2.05) is 30.4 Å². The van der Waals surface area contributed by atoms with Crippen molar-refractivity contribution in [3.05, 3.63) is 99.6 Å². The lowest BCUT2D eigenvalue weighted by atomic mass is 10.0. The number of carbonyl (C=O) groups excluding carboxylic acids is 1. The summed E-state index contributed by atoms with van der Waals surface area (Å²) < 4.78 is 20.7. The molecule has 2 aromatic heterocycles. The van der Waals surface area contributed by atoms with Crippen molar-refractivity contribution in [3.8, 4) is 11.9 Å². The lowest BCUT2D eigenvalue weighted by Gasteiger charge is -2.27. The SMILES string of the molecule is COc1cc(CNC(=O)n2c3c(c4cc(C#N)ccc42)CN(CC=Cc2ccc(Cl)c(F)c2)CC3)ccn1. The number of halogens is 2. The van der Waals surface area contributed by atoms with Gasteiger partial charge in [-0.2, -0.15) is 5.26 Å². The third kappa shape index (κ3) is 5.25. The van der Waals surface area contributed by atoms with E-state index >= 15 is 0 Å². The number of pyridine rings is 1. The van der Waals surface area contributed by atoms with Crippen LogP contribution in [-0.4, -0.2) is 40.7 Å². The molecule has 0 atom stereocenters. The summed E-state index contributed by atoms with van der Waals surface area (Å²) in [6, 6.07) is 15.7. The van der Waals surface area contributed by atoms with E-state index < -0.39 is 5.82 Å². The van der Waals surface area contributed by atoms with E-state index in [1.54, 1.807) is 42.1 Å². The van der Waals surface area contributed by atoms with Crippen LogP contribution in [-0.2, 0) is 19.5 Å². The first-order valence-corrected chi connectivity index (χ1v) is 12.5. The topological polar surface area (TPSA) is 83.2 Å². The maximum Gasteiger partial charge on any atom is 0.326 e. The van der Waals surface area contributed by atoms with E-state index in [2.05, 4.69) is 21.3 Å². The van der Waals surface area contributed by atoms with Crippen LogP contribution in [0.1, 0.15) is 27.9 Å². The Hall–Kier alpha value is -4.19. The zero-order chi connectivity index (χ0) is 26.6. The number of ether oxygens (including phenoxy) is 1. The molecule has 0 aliphatic carbocycles. The normalized spacial score (nSPS) is 13.4. The first kappa shape index (κ1) is 25.5. The van der Waals surface area contributed by atoms with Crippen LogP contribution in [0, 0.1) is 17.1 Å². The highest BCUT2D eigenvalue weighted by Gasteiger charge is 2.26. The summed E-state index contributed by atoms with van der Waals surface area (Å²) >= 11 is 5.78. The van der Waals surface area contributed by atoms with E-state index in [0.717, 1.165) is 39.8 Å². The van der Waals surface area contributed by atoms with Gasteiger partial charge < -0.3 is 10.1 Å². The van der Waals surface area contributed by atoms with Crippen molar-refractivity contribution in [2.45, 2.75) is 19.5 Å². The van der Waals surface area contributed by atoms with Crippen molar-refractivity contribution in [1.82, 2.24) is 19.8 Å². The fraction of sp³-hybridized carbons (Fsp3) is 0.207. The second kappa shape index (κ2) is 11.1. The Kier molecular flexibility index (Phi) is 7.40. The maximum absolute atomic E-state index is 13.7. The molecule has 7 nitrogen and oxygen atoms in total. The van der Waals surface area contributed by atoms with Gasteiger partial charge in [0.25, 0.3) is 0 Å². The molecule has 0 unspecified atom stereocenters. The third-order valence-electron chi connectivity index (χ3n) is 6.63. The van der Waals surface area contributed by atoms with Crippen LogP contribution in [0.3, 0.4) is 0 Å². The molecule has 192 valence electrons. The van der Waals surface area contributed by atoms with Crippen LogP contribution in [0.4, 0.5) is 9.18 Å². The summed E-state index contributed by atoms with van der Waals surface area (Å²) in [4.78, 5) is 19.8. The van der Waals surface area contributed by atoms with Gasteiger partial charge in [0.1, 0.15) is 5.82 Å². The summed E-state index contributed by atoms with van der Waals surface area (Å²) in [6.07, 6.45) is 6.17. The van der Waals surface area contributed by atoms with Gasteiger partial charge in [0.2, 0.25) is 5.88 Å². The Labute approximate surface area is 224 Å². The lowest BCUT2D eigenvalue weighted by Crippen LogP contribution is -2.34. The molecule has 2 aromatic carbocycles. The van der Waals surface area contributed by atoms with E-state index in [0.29, 0.717) is 37.5 Å². The molecular formula is C29H25ClFN5O2. The molecule has 3 heterocycles. The van der Waals surface area contributed by atoms with E-state index in [4.69, 9.17) is 16.3 Å². The highest BCUT2D eigenvalue weighted by molar-refractivity contribution is 6.30. The number of nitrogens with zero attached hydrogens (tertiary/aromatic N) is 4. The second-order valence-corrected chi connectivity index (χ2v) is 9.44. The molecule has 1 aliphatic heterocycles. The fourth-order valence-corrected chi connectivity index (χ4v) is 4.87. The van der Waals surface area contributed by atoms with Gasteiger partial charge in [0, 0.05) is 55.9 Å². The summed E-state index contributed by atoms with van der Waals surface area (Å²) in [6.45, 7) is 2.36. The van der Waals surface area contributed by atoms with Crippen molar-refractivity contribution in [2.24, 2.45) is 0 Å². The molecule has 0 saturated heterocycles. The van der Waals surface area contributed by atoms with Crippen molar-refractivity contribution in [1.29, 1.82) is 5.26 Å². The van der Waals surface area contributed by atoms with Crippen LogP contribution in [0.25, 0.3) is 17.0 Å². The summed E-state index contributed by atoms with van der Waals surface area (Å²) in [5, 5.41) is 13.5. The number of nitrogens with one attached hydrogen (secondary N) is 1. The largest absolute Gasteiger partial charge is 0.481 e. The Morgan fingerprint density at radius 1 is 1.26 bits per heavy atom. The van der Waals surface area contributed by atoms with Crippen molar-refractivity contribution >= 4 is 34.6 Å². The average molecular weight is 530 g/mol. The zero-order valence-corrected chi connectivity index (χ0v) is 21.5. The average Bonchev–Trinajstić information content (AvgIpc) is 3.26. The summed E-state index contributed by atoms with van der Waals surface area (Å²) in [5.41, 5.74) is 4.91. The molecule has 0 saturated carbocycles. The number of amides is 1. The molecule has 1 amide bonds. The number of carbonyl (C=O) groups is 1. The van der Waals surface area contributed by atoms with Gasteiger partial charge in [-0.1, -0.05) is 29.8 Å². The predicted molar refractivity (Wildman–Crippen MR) is 145 cm³/mol. The molecule has 1 aliphatic rings. The predicted octanol–water partition coefficient (Wildman–Crippen LogP) is 5.54. The Bertz CT molecular complexity index is 1590. The Morgan fingerprint density at radius 2 is 2.13 bits per heavy atom. The van der Waals surface area contributed by atoms with E-state index in [9.17, 15) is 14.4 Å².